The van der Waals surface area contributed by atoms with Crippen LogP contribution in [0.2, 0.25) is 0 Å². The minimum Gasteiger partial charge on any atom is -0.369 e. The molecule has 1 heterocycles. The van der Waals surface area contributed by atoms with Gasteiger partial charge in [0.05, 0.1) is 11.5 Å². The number of nitrogens with one attached hydrogen (secondary N) is 2. The largest absolute Gasteiger partial charge is 0.369 e. The lowest BCUT2D eigenvalue weighted by Gasteiger charge is -2.00. The van der Waals surface area contributed by atoms with Crippen molar-refractivity contribution in [2.24, 2.45) is 10.8 Å². The van der Waals surface area contributed by atoms with Gasteiger partial charge in [-0.05, 0) is 24.6 Å². The molecule has 0 spiro atoms. The molecule has 0 unspecified atom stereocenters. The maximum atomic E-state index is 12.8. The summed E-state index contributed by atoms with van der Waals surface area (Å²) in [7, 11) is 0. The van der Waals surface area contributed by atoms with E-state index < -0.39 is 5.91 Å². The van der Waals surface area contributed by atoms with Crippen molar-refractivity contribution in [1.82, 2.24) is 15.2 Å². The summed E-state index contributed by atoms with van der Waals surface area (Å²) in [5.41, 5.74) is 9.18. The van der Waals surface area contributed by atoms with Gasteiger partial charge in [-0.15, -0.1) is 5.10 Å². The number of rotatable bonds is 6. The molecule has 2 rings (SSSR count). The molecule has 0 saturated heterocycles. The molecular formula is C12H13FN6OS. The van der Waals surface area contributed by atoms with Crippen LogP contribution in [0.1, 0.15) is 12.5 Å². The van der Waals surface area contributed by atoms with Gasteiger partial charge < -0.3 is 5.73 Å². The zero-order chi connectivity index (χ0) is 15.2. The van der Waals surface area contributed by atoms with E-state index in [1.165, 1.54) is 12.1 Å². The normalized spacial score (nSPS) is 11.4. The average molecular weight is 308 g/mol. The van der Waals surface area contributed by atoms with Crippen LogP contribution in [0.25, 0.3) is 0 Å². The summed E-state index contributed by atoms with van der Waals surface area (Å²) in [4.78, 5) is 14.7. The van der Waals surface area contributed by atoms with Crippen molar-refractivity contribution in [3.63, 3.8) is 0 Å². The number of primary amides is 1. The lowest BCUT2D eigenvalue weighted by molar-refractivity contribution is -0.115. The Morgan fingerprint density at radius 2 is 2.19 bits per heavy atom. The number of anilines is 1. The van der Waals surface area contributed by atoms with Gasteiger partial charge in [0.15, 0.2) is 0 Å². The molecule has 0 aliphatic rings. The highest BCUT2D eigenvalue weighted by molar-refractivity contribution is 7.99. The Kier molecular flexibility index (Phi) is 4.88. The fourth-order valence-corrected chi connectivity index (χ4v) is 1.93. The molecule has 1 amide bonds. The second kappa shape index (κ2) is 6.84. The number of amides is 1. The van der Waals surface area contributed by atoms with E-state index in [0.29, 0.717) is 16.8 Å². The Bertz CT molecular complexity index is 654. The molecule has 110 valence electrons. The molecule has 7 nitrogen and oxygen atoms in total. The SMILES string of the molecule is C/C(=N\Nc1nc(SCC(N)=O)n[nH]1)c1ccc(F)cc1. The number of hydrazone groups is 1. The molecular weight excluding hydrogens is 295 g/mol. The van der Waals surface area contributed by atoms with E-state index in [4.69, 9.17) is 5.73 Å². The third-order valence-electron chi connectivity index (χ3n) is 2.40. The van der Waals surface area contributed by atoms with Gasteiger partial charge in [-0.3, -0.25) is 4.79 Å². The molecule has 2 aromatic rings. The summed E-state index contributed by atoms with van der Waals surface area (Å²) in [6, 6.07) is 5.98. The van der Waals surface area contributed by atoms with Crippen LogP contribution in [0.5, 0.6) is 0 Å². The fraction of sp³-hybridized carbons (Fsp3) is 0.167. The van der Waals surface area contributed by atoms with E-state index in [2.05, 4.69) is 25.7 Å². The van der Waals surface area contributed by atoms with Crippen molar-refractivity contribution >= 4 is 29.3 Å². The molecule has 4 N–H and O–H groups in total. The van der Waals surface area contributed by atoms with Gasteiger partial charge in [-0.1, -0.05) is 23.9 Å². The highest BCUT2D eigenvalue weighted by atomic mass is 32.2. The number of thioether (sulfide) groups is 1. The molecule has 1 aromatic carbocycles. The second-order valence-corrected chi connectivity index (χ2v) is 4.98. The number of carbonyl (C=O) groups is 1. The monoisotopic (exact) mass is 308 g/mol. The molecule has 0 saturated carbocycles. The molecule has 0 aliphatic carbocycles. The molecule has 0 aliphatic heterocycles. The minimum atomic E-state index is -0.440. The van der Waals surface area contributed by atoms with Crippen LogP contribution in [-0.4, -0.2) is 32.6 Å². The zero-order valence-corrected chi connectivity index (χ0v) is 11.9. The van der Waals surface area contributed by atoms with Crippen molar-refractivity contribution < 1.29 is 9.18 Å². The molecule has 21 heavy (non-hydrogen) atoms. The summed E-state index contributed by atoms with van der Waals surface area (Å²) < 4.78 is 12.8. The predicted octanol–water partition coefficient (Wildman–Crippen LogP) is 1.36. The number of hydrogen-bond donors (Lipinski definition) is 3. The minimum absolute atomic E-state index is 0.106. The summed E-state index contributed by atoms with van der Waals surface area (Å²) in [5, 5.41) is 11.0. The van der Waals surface area contributed by atoms with Crippen LogP contribution in [-0.2, 0) is 4.79 Å². The lowest BCUT2D eigenvalue weighted by Crippen LogP contribution is -2.13. The van der Waals surface area contributed by atoms with E-state index in [-0.39, 0.29) is 11.6 Å². The number of benzene rings is 1. The Hall–Kier alpha value is -2.42. The summed E-state index contributed by atoms with van der Waals surface area (Å²) in [6.45, 7) is 1.78. The molecule has 0 atom stereocenters. The first kappa shape index (κ1) is 15.0. The first-order chi connectivity index (χ1) is 10.0. The average Bonchev–Trinajstić information content (AvgIpc) is 2.91. The first-order valence-corrected chi connectivity index (χ1v) is 6.93. The first-order valence-electron chi connectivity index (χ1n) is 5.94. The summed E-state index contributed by atoms with van der Waals surface area (Å²) >= 11 is 1.12. The van der Waals surface area contributed by atoms with E-state index >= 15 is 0 Å². The Balaban J connectivity index is 1.96. The van der Waals surface area contributed by atoms with Gasteiger partial charge in [-0.2, -0.15) is 10.1 Å². The Labute approximate surface area is 124 Å². The van der Waals surface area contributed by atoms with Gasteiger partial charge in [0.25, 0.3) is 0 Å². The van der Waals surface area contributed by atoms with Gasteiger partial charge in [-0.25, -0.2) is 14.9 Å². The number of nitrogens with two attached hydrogens (primary N) is 1. The zero-order valence-electron chi connectivity index (χ0n) is 11.1. The highest BCUT2D eigenvalue weighted by Crippen LogP contribution is 2.13. The third kappa shape index (κ3) is 4.56. The van der Waals surface area contributed by atoms with E-state index in [1.807, 2.05) is 0 Å². The number of aromatic nitrogens is 3. The topological polar surface area (TPSA) is 109 Å². The van der Waals surface area contributed by atoms with Crippen molar-refractivity contribution in [1.29, 1.82) is 0 Å². The summed E-state index contributed by atoms with van der Waals surface area (Å²) in [6.07, 6.45) is 0. The number of carbonyl (C=O) groups excluding carboxylic acids is 1. The van der Waals surface area contributed by atoms with Crippen molar-refractivity contribution in [3.8, 4) is 0 Å². The second-order valence-electron chi connectivity index (χ2n) is 4.04. The number of aromatic amines is 1. The smallest absolute Gasteiger partial charge is 0.240 e. The van der Waals surface area contributed by atoms with Crippen molar-refractivity contribution in [2.75, 3.05) is 11.2 Å². The maximum Gasteiger partial charge on any atom is 0.240 e. The van der Waals surface area contributed by atoms with Crippen LogP contribution < -0.4 is 11.2 Å². The van der Waals surface area contributed by atoms with Gasteiger partial charge in [0.1, 0.15) is 5.82 Å². The molecule has 0 radical (unpaired) electrons. The predicted molar refractivity (Wildman–Crippen MR) is 78.5 cm³/mol. The third-order valence-corrected chi connectivity index (χ3v) is 3.27. The Morgan fingerprint density at radius 3 is 2.86 bits per heavy atom. The fourth-order valence-electron chi connectivity index (χ4n) is 1.39. The molecule has 0 fully saturated rings. The number of hydrogen-bond acceptors (Lipinski definition) is 6. The van der Waals surface area contributed by atoms with Gasteiger partial charge in [0, 0.05) is 0 Å². The number of halogens is 1. The van der Waals surface area contributed by atoms with Crippen LogP contribution in [0.4, 0.5) is 10.3 Å². The van der Waals surface area contributed by atoms with Crippen LogP contribution in [0, 0.1) is 5.82 Å². The van der Waals surface area contributed by atoms with E-state index in [9.17, 15) is 9.18 Å². The maximum absolute atomic E-state index is 12.8. The van der Waals surface area contributed by atoms with Crippen LogP contribution in [0.3, 0.4) is 0 Å². The quantitative estimate of drug-likeness (QED) is 0.424. The molecule has 1 aromatic heterocycles. The van der Waals surface area contributed by atoms with Crippen LogP contribution >= 0.6 is 11.8 Å². The van der Waals surface area contributed by atoms with Crippen molar-refractivity contribution in [2.45, 2.75) is 12.1 Å². The standard InChI is InChI=1S/C12H13FN6OS/c1-7(8-2-4-9(13)5-3-8)16-17-11-15-12(19-18-11)21-6-10(14)20/h2-5H,6H2,1H3,(H2,14,20)(H2,15,17,18,19)/b16-7+. The molecule has 9 heteroatoms. The van der Waals surface area contributed by atoms with Gasteiger partial charge >= 0.3 is 0 Å². The van der Waals surface area contributed by atoms with E-state index in [1.54, 1.807) is 19.1 Å². The highest BCUT2D eigenvalue weighted by Gasteiger charge is 2.05. The number of H-pyrrole nitrogens is 1. The lowest BCUT2D eigenvalue weighted by atomic mass is 10.1. The van der Waals surface area contributed by atoms with Crippen LogP contribution in [0.15, 0.2) is 34.5 Å². The summed E-state index contributed by atoms with van der Waals surface area (Å²) in [5.74, 6) is -0.298. The Morgan fingerprint density at radius 1 is 1.48 bits per heavy atom. The van der Waals surface area contributed by atoms with E-state index in [0.717, 1.165) is 17.3 Å². The molecule has 0 bridgehead atoms. The number of nitrogens with zero attached hydrogens (tertiary/aromatic N) is 3. The van der Waals surface area contributed by atoms with Gasteiger partial charge in [0.2, 0.25) is 17.0 Å². The van der Waals surface area contributed by atoms with Crippen molar-refractivity contribution in [3.05, 3.63) is 35.6 Å².